The lowest BCUT2D eigenvalue weighted by Gasteiger charge is -2.37. The van der Waals surface area contributed by atoms with Crippen LogP contribution in [0.5, 0.6) is 5.75 Å². The Labute approximate surface area is 120 Å². The molecule has 0 saturated carbocycles. The second-order valence-electron chi connectivity index (χ2n) is 6.49. The maximum Gasteiger partial charge on any atom is 0.128 e. The van der Waals surface area contributed by atoms with E-state index in [-0.39, 0.29) is 0 Å². The summed E-state index contributed by atoms with van der Waals surface area (Å²) in [6.45, 7) is 4.04. The molecule has 2 atom stereocenters. The molecule has 0 amide bonds. The Balaban J connectivity index is 1.84. The van der Waals surface area contributed by atoms with Gasteiger partial charge in [0.1, 0.15) is 5.75 Å². The van der Waals surface area contributed by atoms with Gasteiger partial charge in [0.25, 0.3) is 0 Å². The molecule has 2 N–H and O–H groups in total. The molecule has 2 aliphatic heterocycles. The highest BCUT2D eigenvalue weighted by Crippen LogP contribution is 2.37. The van der Waals surface area contributed by atoms with E-state index in [1.165, 1.54) is 12.8 Å². The predicted octanol–water partition coefficient (Wildman–Crippen LogP) is 1.90. The van der Waals surface area contributed by atoms with Gasteiger partial charge in [0, 0.05) is 41.5 Å². The maximum absolute atomic E-state index is 10.9. The number of piperidine rings is 1. The van der Waals surface area contributed by atoms with E-state index in [1.54, 1.807) is 7.11 Å². The Bertz CT molecular complexity index is 503. The van der Waals surface area contributed by atoms with Crippen molar-refractivity contribution in [3.63, 3.8) is 0 Å². The van der Waals surface area contributed by atoms with E-state index in [2.05, 4.69) is 10.3 Å². The van der Waals surface area contributed by atoms with Crippen molar-refractivity contribution in [1.29, 1.82) is 0 Å². The van der Waals surface area contributed by atoms with Crippen molar-refractivity contribution in [2.24, 2.45) is 0 Å². The molecule has 2 fully saturated rings. The summed E-state index contributed by atoms with van der Waals surface area (Å²) in [7, 11) is 1.69. The number of ether oxygens (including phenoxy) is 1. The third-order valence-electron chi connectivity index (χ3n) is 4.83. The van der Waals surface area contributed by atoms with Crippen LogP contribution in [0.25, 0.3) is 0 Å². The minimum Gasteiger partial charge on any atom is -0.496 e. The van der Waals surface area contributed by atoms with E-state index < -0.39 is 5.60 Å². The Morgan fingerprint density at radius 2 is 2.00 bits per heavy atom. The molecule has 1 aromatic rings. The van der Waals surface area contributed by atoms with Crippen LogP contribution in [0, 0.1) is 13.8 Å². The van der Waals surface area contributed by atoms with Crippen LogP contribution in [0.3, 0.4) is 0 Å². The molecule has 1 aromatic heterocycles. The van der Waals surface area contributed by atoms with E-state index in [1.807, 2.05) is 20.0 Å². The largest absolute Gasteiger partial charge is 0.496 e. The van der Waals surface area contributed by atoms with Gasteiger partial charge in [-0.15, -0.1) is 0 Å². The van der Waals surface area contributed by atoms with Gasteiger partial charge in [-0.25, -0.2) is 0 Å². The third-order valence-corrected chi connectivity index (χ3v) is 4.83. The second kappa shape index (κ2) is 5.01. The minimum absolute atomic E-state index is 0.478. The van der Waals surface area contributed by atoms with Gasteiger partial charge in [0.15, 0.2) is 0 Å². The Hall–Kier alpha value is -1.13. The van der Waals surface area contributed by atoms with E-state index in [0.29, 0.717) is 18.5 Å². The molecule has 2 unspecified atom stereocenters. The smallest absolute Gasteiger partial charge is 0.128 e. The van der Waals surface area contributed by atoms with E-state index >= 15 is 0 Å². The van der Waals surface area contributed by atoms with Gasteiger partial charge in [-0.2, -0.15) is 0 Å². The average Bonchev–Trinajstić information content (AvgIpc) is 2.74. The number of fused-ring (bicyclic) bond motifs is 2. The summed E-state index contributed by atoms with van der Waals surface area (Å²) in [5.74, 6) is 0.899. The van der Waals surface area contributed by atoms with Crippen LogP contribution in [0.2, 0.25) is 0 Å². The third kappa shape index (κ3) is 2.42. The first kappa shape index (κ1) is 13.8. The highest BCUT2D eigenvalue weighted by Gasteiger charge is 2.42. The fourth-order valence-corrected chi connectivity index (χ4v) is 3.93. The van der Waals surface area contributed by atoms with Gasteiger partial charge in [0.05, 0.1) is 12.7 Å². The number of aromatic nitrogens is 1. The van der Waals surface area contributed by atoms with E-state index in [4.69, 9.17) is 4.74 Å². The molecule has 2 saturated heterocycles. The number of nitrogens with one attached hydrogen (secondary N) is 1. The summed E-state index contributed by atoms with van der Waals surface area (Å²) in [5.41, 5.74) is 2.46. The zero-order valence-corrected chi connectivity index (χ0v) is 12.6. The van der Waals surface area contributed by atoms with Gasteiger partial charge < -0.3 is 15.2 Å². The van der Waals surface area contributed by atoms with Crippen LogP contribution >= 0.6 is 0 Å². The molecule has 0 aromatic carbocycles. The topological polar surface area (TPSA) is 54.4 Å². The number of methoxy groups -OCH3 is 1. The molecule has 20 heavy (non-hydrogen) atoms. The van der Waals surface area contributed by atoms with E-state index in [9.17, 15) is 5.11 Å². The molecule has 110 valence electrons. The molecule has 4 heteroatoms. The SMILES string of the molecule is COc1c(C)cnc(CC2(O)CC3CCC(C2)N3)c1C. The van der Waals surface area contributed by atoms with Gasteiger partial charge in [-0.1, -0.05) is 0 Å². The number of hydrogen-bond acceptors (Lipinski definition) is 4. The van der Waals surface area contributed by atoms with Gasteiger partial charge in [-0.3, -0.25) is 4.98 Å². The van der Waals surface area contributed by atoms with Crippen LogP contribution < -0.4 is 10.1 Å². The number of rotatable bonds is 3. The standard InChI is InChI=1S/C16H24N2O2/c1-10-9-17-14(11(2)15(10)20-3)8-16(19)6-12-4-5-13(7-16)18-12/h9,12-13,18-19H,4-8H2,1-3H3. The van der Waals surface area contributed by atoms with Crippen molar-refractivity contribution in [3.8, 4) is 5.75 Å². The Morgan fingerprint density at radius 1 is 1.35 bits per heavy atom. The first-order valence-electron chi connectivity index (χ1n) is 7.48. The number of nitrogens with zero attached hydrogens (tertiary/aromatic N) is 1. The molecule has 3 heterocycles. The Morgan fingerprint density at radius 3 is 2.60 bits per heavy atom. The quantitative estimate of drug-likeness (QED) is 0.885. The minimum atomic E-state index is -0.616. The van der Waals surface area contributed by atoms with Gasteiger partial charge in [0.2, 0.25) is 0 Å². The first-order chi connectivity index (χ1) is 9.50. The molecule has 0 aliphatic carbocycles. The summed E-state index contributed by atoms with van der Waals surface area (Å²) in [6.07, 6.45) is 6.53. The average molecular weight is 276 g/mol. The summed E-state index contributed by atoms with van der Waals surface area (Å²) in [6, 6.07) is 0.956. The predicted molar refractivity (Wildman–Crippen MR) is 78.1 cm³/mol. The lowest BCUT2D eigenvalue weighted by Crippen LogP contribution is -2.49. The zero-order valence-electron chi connectivity index (χ0n) is 12.6. The molecule has 4 nitrogen and oxygen atoms in total. The summed E-state index contributed by atoms with van der Waals surface area (Å²) >= 11 is 0. The van der Waals surface area contributed by atoms with Crippen molar-refractivity contribution in [2.75, 3.05) is 7.11 Å². The van der Waals surface area contributed by atoms with Crippen LogP contribution in [0.15, 0.2) is 6.20 Å². The molecule has 0 radical (unpaired) electrons. The maximum atomic E-state index is 10.9. The summed E-state index contributed by atoms with van der Waals surface area (Å²) in [5, 5.41) is 14.5. The normalized spacial score (nSPS) is 32.4. The number of hydrogen-bond donors (Lipinski definition) is 2. The molecular weight excluding hydrogens is 252 g/mol. The van der Waals surface area contributed by atoms with E-state index in [0.717, 1.165) is 35.4 Å². The molecule has 2 bridgehead atoms. The fourth-order valence-electron chi connectivity index (χ4n) is 3.93. The molecule has 3 rings (SSSR count). The van der Waals surface area contributed by atoms with Gasteiger partial charge in [-0.05, 0) is 39.5 Å². The van der Waals surface area contributed by atoms with Crippen LogP contribution in [0.4, 0.5) is 0 Å². The van der Waals surface area contributed by atoms with Crippen molar-refractivity contribution in [2.45, 2.75) is 63.6 Å². The van der Waals surface area contributed by atoms with Crippen LogP contribution in [-0.2, 0) is 6.42 Å². The summed E-state index contributed by atoms with van der Waals surface area (Å²) < 4.78 is 5.46. The van der Waals surface area contributed by atoms with Gasteiger partial charge >= 0.3 is 0 Å². The monoisotopic (exact) mass is 276 g/mol. The lowest BCUT2D eigenvalue weighted by atomic mass is 9.83. The first-order valence-corrected chi connectivity index (χ1v) is 7.48. The zero-order chi connectivity index (χ0) is 14.3. The van der Waals surface area contributed by atoms with Crippen molar-refractivity contribution in [3.05, 3.63) is 23.0 Å². The number of pyridine rings is 1. The highest BCUT2D eigenvalue weighted by molar-refractivity contribution is 5.41. The highest BCUT2D eigenvalue weighted by atomic mass is 16.5. The second-order valence-corrected chi connectivity index (χ2v) is 6.49. The molecule has 0 spiro atoms. The molecular formula is C16H24N2O2. The number of aliphatic hydroxyl groups is 1. The lowest BCUT2D eigenvalue weighted by molar-refractivity contribution is -0.00702. The fraction of sp³-hybridized carbons (Fsp3) is 0.688. The Kier molecular flexibility index (Phi) is 3.46. The van der Waals surface area contributed by atoms with Crippen molar-refractivity contribution < 1.29 is 9.84 Å². The van der Waals surface area contributed by atoms with Crippen molar-refractivity contribution >= 4 is 0 Å². The summed E-state index contributed by atoms with van der Waals surface area (Å²) in [4.78, 5) is 4.54. The van der Waals surface area contributed by atoms with Crippen LogP contribution in [-0.4, -0.2) is 34.9 Å². The van der Waals surface area contributed by atoms with Crippen LogP contribution in [0.1, 0.15) is 42.5 Å². The number of aryl methyl sites for hydroxylation is 1. The van der Waals surface area contributed by atoms with Crippen molar-refractivity contribution in [1.82, 2.24) is 10.3 Å². The molecule has 2 aliphatic rings.